The molecule has 0 saturated carbocycles. The predicted molar refractivity (Wildman–Crippen MR) is 76.6 cm³/mol. The molecular formula is C15H21F2N3O. The number of carbonyl (C=O) groups excluding carboxylic acids is 1. The minimum Gasteiger partial charge on any atom is -0.320 e. The summed E-state index contributed by atoms with van der Waals surface area (Å²) >= 11 is 0. The Labute approximate surface area is 123 Å². The van der Waals surface area contributed by atoms with Gasteiger partial charge in [-0.15, -0.1) is 0 Å². The normalized spacial score (nSPS) is 22.4. The second kappa shape index (κ2) is 6.49. The number of likely N-dealkylation sites (N-methyl/N-ethyl adjacent to an activating group) is 1. The zero-order valence-electron chi connectivity index (χ0n) is 12.6. The summed E-state index contributed by atoms with van der Waals surface area (Å²) < 4.78 is 27.0. The van der Waals surface area contributed by atoms with Gasteiger partial charge in [-0.05, 0) is 32.6 Å². The SMILES string of the molecule is CCN(C)CCN1C(=O)C(C)NC1c1ccc(F)cc1F. The van der Waals surface area contributed by atoms with Crippen molar-refractivity contribution in [2.45, 2.75) is 26.1 Å². The fourth-order valence-corrected chi connectivity index (χ4v) is 2.43. The first-order chi connectivity index (χ1) is 9.93. The summed E-state index contributed by atoms with van der Waals surface area (Å²) in [6, 6.07) is 3.08. The predicted octanol–water partition coefficient (Wildman–Crippen LogP) is 1.74. The average molecular weight is 297 g/mol. The number of carbonyl (C=O) groups is 1. The van der Waals surface area contributed by atoms with Gasteiger partial charge >= 0.3 is 0 Å². The van der Waals surface area contributed by atoms with E-state index >= 15 is 0 Å². The molecule has 0 spiro atoms. The number of benzene rings is 1. The van der Waals surface area contributed by atoms with E-state index in [1.807, 2.05) is 14.0 Å². The Hall–Kier alpha value is -1.53. The second-order valence-corrected chi connectivity index (χ2v) is 5.38. The fourth-order valence-electron chi connectivity index (χ4n) is 2.43. The van der Waals surface area contributed by atoms with Gasteiger partial charge in [0, 0.05) is 24.7 Å². The summed E-state index contributed by atoms with van der Waals surface area (Å²) in [5.41, 5.74) is 0.299. The summed E-state index contributed by atoms with van der Waals surface area (Å²) in [4.78, 5) is 15.9. The highest BCUT2D eigenvalue weighted by Crippen LogP contribution is 2.27. The van der Waals surface area contributed by atoms with E-state index in [9.17, 15) is 13.6 Å². The van der Waals surface area contributed by atoms with Crippen molar-refractivity contribution in [1.29, 1.82) is 0 Å². The minimum atomic E-state index is -0.636. The number of hydrogen-bond acceptors (Lipinski definition) is 3. The molecular weight excluding hydrogens is 276 g/mol. The Morgan fingerprint density at radius 3 is 2.71 bits per heavy atom. The number of nitrogens with one attached hydrogen (secondary N) is 1. The van der Waals surface area contributed by atoms with Crippen LogP contribution in [-0.2, 0) is 4.79 Å². The molecule has 1 aromatic carbocycles. The summed E-state index contributed by atoms with van der Waals surface area (Å²) in [5.74, 6) is -1.32. The Morgan fingerprint density at radius 2 is 2.10 bits per heavy atom. The van der Waals surface area contributed by atoms with Gasteiger partial charge in [0.15, 0.2) is 0 Å². The molecule has 2 unspecified atom stereocenters. The van der Waals surface area contributed by atoms with E-state index in [0.29, 0.717) is 18.7 Å². The highest BCUT2D eigenvalue weighted by Gasteiger charge is 2.38. The van der Waals surface area contributed by atoms with Gasteiger partial charge in [-0.2, -0.15) is 0 Å². The molecule has 0 radical (unpaired) electrons. The van der Waals surface area contributed by atoms with E-state index in [1.54, 1.807) is 11.8 Å². The first-order valence-electron chi connectivity index (χ1n) is 7.14. The molecule has 1 amide bonds. The highest BCUT2D eigenvalue weighted by molar-refractivity contribution is 5.84. The first-order valence-corrected chi connectivity index (χ1v) is 7.14. The quantitative estimate of drug-likeness (QED) is 0.899. The molecule has 6 heteroatoms. The summed E-state index contributed by atoms with van der Waals surface area (Å²) in [7, 11) is 1.96. The van der Waals surface area contributed by atoms with Crippen LogP contribution in [0.4, 0.5) is 8.78 Å². The lowest BCUT2D eigenvalue weighted by Gasteiger charge is -2.27. The number of nitrogens with zero attached hydrogens (tertiary/aromatic N) is 2. The zero-order chi connectivity index (χ0) is 15.6. The van der Waals surface area contributed by atoms with Gasteiger partial charge in [-0.3, -0.25) is 10.1 Å². The Balaban J connectivity index is 2.21. The van der Waals surface area contributed by atoms with Crippen molar-refractivity contribution in [3.05, 3.63) is 35.4 Å². The molecule has 0 aliphatic carbocycles. The van der Waals surface area contributed by atoms with Gasteiger partial charge in [-0.1, -0.05) is 6.92 Å². The van der Waals surface area contributed by atoms with Crippen LogP contribution in [0.25, 0.3) is 0 Å². The standard InChI is InChI=1S/C15H21F2N3O/c1-4-19(3)7-8-20-14(18-10(2)15(20)21)12-6-5-11(16)9-13(12)17/h5-6,9-10,14,18H,4,7-8H2,1-3H3. The van der Waals surface area contributed by atoms with Crippen molar-refractivity contribution in [2.75, 3.05) is 26.7 Å². The molecule has 116 valence electrons. The van der Waals surface area contributed by atoms with Crippen LogP contribution in [0.5, 0.6) is 0 Å². The van der Waals surface area contributed by atoms with Crippen LogP contribution >= 0.6 is 0 Å². The van der Waals surface area contributed by atoms with Gasteiger partial charge in [0.25, 0.3) is 0 Å². The van der Waals surface area contributed by atoms with Crippen LogP contribution in [0.3, 0.4) is 0 Å². The van der Waals surface area contributed by atoms with Crippen molar-refractivity contribution in [1.82, 2.24) is 15.1 Å². The summed E-state index contributed by atoms with van der Waals surface area (Å²) in [6.45, 7) is 5.86. The van der Waals surface area contributed by atoms with E-state index in [1.165, 1.54) is 12.1 Å². The third-order valence-electron chi connectivity index (χ3n) is 3.89. The van der Waals surface area contributed by atoms with E-state index in [-0.39, 0.29) is 11.9 Å². The van der Waals surface area contributed by atoms with Gasteiger partial charge in [0.1, 0.15) is 17.8 Å². The third-order valence-corrected chi connectivity index (χ3v) is 3.89. The largest absolute Gasteiger partial charge is 0.320 e. The number of hydrogen-bond donors (Lipinski definition) is 1. The summed E-state index contributed by atoms with van der Waals surface area (Å²) in [5, 5.41) is 3.07. The molecule has 1 N–H and O–H groups in total. The Morgan fingerprint density at radius 1 is 1.38 bits per heavy atom. The molecule has 0 aromatic heterocycles. The Bertz CT molecular complexity index is 524. The van der Waals surface area contributed by atoms with E-state index < -0.39 is 17.8 Å². The maximum Gasteiger partial charge on any atom is 0.241 e. The van der Waals surface area contributed by atoms with Crippen LogP contribution in [0, 0.1) is 11.6 Å². The second-order valence-electron chi connectivity index (χ2n) is 5.38. The number of amides is 1. The van der Waals surface area contributed by atoms with Crippen molar-refractivity contribution < 1.29 is 13.6 Å². The molecule has 1 saturated heterocycles. The number of rotatable bonds is 5. The van der Waals surface area contributed by atoms with E-state index in [2.05, 4.69) is 10.2 Å². The van der Waals surface area contributed by atoms with Crippen molar-refractivity contribution >= 4 is 5.91 Å². The molecule has 1 aliphatic rings. The van der Waals surface area contributed by atoms with Crippen LogP contribution < -0.4 is 5.32 Å². The molecule has 1 aliphatic heterocycles. The average Bonchev–Trinajstić information content (AvgIpc) is 2.72. The molecule has 2 rings (SSSR count). The first kappa shape index (κ1) is 15.9. The minimum absolute atomic E-state index is 0.0618. The van der Waals surface area contributed by atoms with Crippen LogP contribution in [0.2, 0.25) is 0 Å². The molecule has 4 nitrogen and oxygen atoms in total. The van der Waals surface area contributed by atoms with Gasteiger partial charge in [0.05, 0.1) is 6.04 Å². The molecule has 1 aromatic rings. The summed E-state index contributed by atoms with van der Waals surface area (Å²) in [6.07, 6.45) is -0.543. The fraction of sp³-hybridized carbons (Fsp3) is 0.533. The van der Waals surface area contributed by atoms with Crippen molar-refractivity contribution in [3.63, 3.8) is 0 Å². The van der Waals surface area contributed by atoms with Crippen LogP contribution in [-0.4, -0.2) is 48.4 Å². The van der Waals surface area contributed by atoms with Crippen LogP contribution in [0.15, 0.2) is 18.2 Å². The lowest BCUT2D eigenvalue weighted by atomic mass is 10.1. The smallest absolute Gasteiger partial charge is 0.241 e. The van der Waals surface area contributed by atoms with Crippen molar-refractivity contribution in [2.24, 2.45) is 0 Å². The lowest BCUT2D eigenvalue weighted by molar-refractivity contribution is -0.130. The van der Waals surface area contributed by atoms with Crippen LogP contribution in [0.1, 0.15) is 25.6 Å². The zero-order valence-corrected chi connectivity index (χ0v) is 12.6. The number of halogens is 2. The maximum atomic E-state index is 14.0. The lowest BCUT2D eigenvalue weighted by Crippen LogP contribution is -2.37. The van der Waals surface area contributed by atoms with Crippen molar-refractivity contribution in [3.8, 4) is 0 Å². The molecule has 2 atom stereocenters. The van der Waals surface area contributed by atoms with E-state index in [0.717, 1.165) is 12.6 Å². The molecule has 1 fully saturated rings. The van der Waals surface area contributed by atoms with E-state index in [4.69, 9.17) is 0 Å². The topological polar surface area (TPSA) is 35.6 Å². The molecule has 0 bridgehead atoms. The third kappa shape index (κ3) is 3.39. The monoisotopic (exact) mass is 297 g/mol. The highest BCUT2D eigenvalue weighted by atomic mass is 19.1. The molecule has 21 heavy (non-hydrogen) atoms. The maximum absolute atomic E-state index is 14.0. The van der Waals surface area contributed by atoms with Gasteiger partial charge in [-0.25, -0.2) is 8.78 Å². The Kier molecular flexibility index (Phi) is 4.90. The van der Waals surface area contributed by atoms with Gasteiger partial charge < -0.3 is 9.80 Å². The molecule has 1 heterocycles. The van der Waals surface area contributed by atoms with Gasteiger partial charge in [0.2, 0.25) is 5.91 Å².